The number of nitrogens with one attached hydrogen (secondary N) is 1. The molecule has 0 aliphatic carbocycles. The summed E-state index contributed by atoms with van der Waals surface area (Å²) < 4.78 is 11.3. The molecule has 1 aliphatic heterocycles. The maximum absolute atomic E-state index is 12.6. The number of carbonyl (C=O) groups excluding carboxylic acids is 3. The van der Waals surface area contributed by atoms with Crippen LogP contribution < -0.4 is 19.7 Å². The second kappa shape index (κ2) is 12.6. The van der Waals surface area contributed by atoms with Crippen molar-refractivity contribution >= 4 is 35.2 Å². The molecule has 0 atom stereocenters. The molecule has 38 heavy (non-hydrogen) atoms. The molecule has 0 saturated carbocycles. The lowest BCUT2D eigenvalue weighted by Gasteiger charge is -2.31. The van der Waals surface area contributed by atoms with Gasteiger partial charge in [-0.05, 0) is 61.4 Å². The number of rotatable bonds is 10. The minimum Gasteiger partial charge on any atom is -0.489 e. The largest absolute Gasteiger partial charge is 0.489 e. The summed E-state index contributed by atoms with van der Waals surface area (Å²) in [4.78, 5) is 40.8. The van der Waals surface area contributed by atoms with Crippen LogP contribution in [0.5, 0.6) is 11.5 Å². The van der Waals surface area contributed by atoms with E-state index >= 15 is 0 Å². The van der Waals surface area contributed by atoms with E-state index in [-0.39, 0.29) is 30.9 Å². The third kappa shape index (κ3) is 6.79. The Labute approximate surface area is 222 Å². The van der Waals surface area contributed by atoms with Gasteiger partial charge in [-0.25, -0.2) is 0 Å². The van der Waals surface area contributed by atoms with Crippen molar-refractivity contribution in [2.75, 3.05) is 36.5 Å². The van der Waals surface area contributed by atoms with Crippen LogP contribution in [0.25, 0.3) is 6.08 Å². The number of amides is 3. The quantitative estimate of drug-likeness (QED) is 0.403. The first-order valence-corrected chi connectivity index (χ1v) is 12.6. The van der Waals surface area contributed by atoms with E-state index < -0.39 is 0 Å². The van der Waals surface area contributed by atoms with Gasteiger partial charge in [-0.3, -0.25) is 19.3 Å². The summed E-state index contributed by atoms with van der Waals surface area (Å²) in [5.74, 6) is 0.441. The Morgan fingerprint density at radius 1 is 1.03 bits per heavy atom. The predicted molar refractivity (Wildman–Crippen MR) is 147 cm³/mol. The molecule has 1 aliphatic rings. The summed E-state index contributed by atoms with van der Waals surface area (Å²) in [6.07, 6.45) is 3.14. The molecule has 3 aromatic carbocycles. The number of nitrogens with zero attached hydrogens (tertiary/aromatic N) is 2. The predicted octanol–water partition coefficient (Wildman–Crippen LogP) is 4.51. The molecule has 0 unspecified atom stereocenters. The second-order valence-corrected chi connectivity index (χ2v) is 8.68. The first-order chi connectivity index (χ1) is 18.5. The van der Waals surface area contributed by atoms with Gasteiger partial charge in [-0.1, -0.05) is 42.5 Å². The monoisotopic (exact) mass is 513 g/mol. The Hall–Kier alpha value is -4.59. The van der Waals surface area contributed by atoms with Crippen LogP contribution >= 0.6 is 0 Å². The summed E-state index contributed by atoms with van der Waals surface area (Å²) in [7, 11) is 0. The summed E-state index contributed by atoms with van der Waals surface area (Å²) >= 11 is 0. The van der Waals surface area contributed by atoms with E-state index in [2.05, 4.69) is 5.32 Å². The molecule has 1 N–H and O–H groups in total. The Balaban J connectivity index is 1.37. The Morgan fingerprint density at radius 3 is 2.47 bits per heavy atom. The molecule has 0 spiro atoms. The van der Waals surface area contributed by atoms with E-state index in [4.69, 9.17) is 9.47 Å². The molecule has 0 bridgehead atoms. The fourth-order valence-electron chi connectivity index (χ4n) is 4.04. The number of anilines is 2. The van der Waals surface area contributed by atoms with Gasteiger partial charge in [0.2, 0.25) is 11.8 Å². The van der Waals surface area contributed by atoms with Crippen molar-refractivity contribution in [1.82, 2.24) is 4.90 Å². The minimum atomic E-state index is -0.330. The fraction of sp³-hybridized carbons (Fsp3) is 0.233. The summed E-state index contributed by atoms with van der Waals surface area (Å²) in [6.45, 7) is 5.18. The van der Waals surface area contributed by atoms with Gasteiger partial charge in [0.25, 0.3) is 5.91 Å². The molecule has 0 saturated heterocycles. The van der Waals surface area contributed by atoms with Crippen LogP contribution in [-0.2, 0) is 21.0 Å². The van der Waals surface area contributed by atoms with E-state index in [1.54, 1.807) is 29.2 Å². The smallest absolute Gasteiger partial charge is 0.265 e. The lowest BCUT2D eigenvalue weighted by Crippen LogP contribution is -2.46. The van der Waals surface area contributed by atoms with Crippen molar-refractivity contribution in [3.05, 3.63) is 90.0 Å². The molecule has 1 heterocycles. The van der Waals surface area contributed by atoms with E-state index in [1.807, 2.05) is 68.4 Å². The lowest BCUT2D eigenvalue weighted by atomic mass is 10.2. The Bertz CT molecular complexity index is 1300. The molecule has 0 radical (unpaired) electrons. The number of benzene rings is 3. The van der Waals surface area contributed by atoms with Gasteiger partial charge in [0, 0.05) is 24.9 Å². The number of ether oxygens (including phenoxy) is 2. The van der Waals surface area contributed by atoms with Crippen LogP contribution in [0.4, 0.5) is 11.4 Å². The highest BCUT2D eigenvalue weighted by Crippen LogP contribution is 2.34. The summed E-state index contributed by atoms with van der Waals surface area (Å²) in [6, 6.07) is 22.4. The van der Waals surface area contributed by atoms with Crippen molar-refractivity contribution < 1.29 is 23.9 Å². The third-order valence-corrected chi connectivity index (χ3v) is 6.13. The van der Waals surface area contributed by atoms with E-state index in [0.717, 1.165) is 16.9 Å². The number of likely N-dealkylation sites (N-methyl/N-ethyl adjacent to an activating group) is 1. The van der Waals surface area contributed by atoms with Crippen molar-refractivity contribution in [2.24, 2.45) is 0 Å². The molecular formula is C30H31N3O5. The summed E-state index contributed by atoms with van der Waals surface area (Å²) in [5, 5.41) is 2.81. The van der Waals surface area contributed by atoms with E-state index in [9.17, 15) is 14.4 Å². The van der Waals surface area contributed by atoms with Gasteiger partial charge in [0.15, 0.2) is 6.61 Å². The zero-order valence-corrected chi connectivity index (χ0v) is 21.6. The average Bonchev–Trinajstić information content (AvgIpc) is 2.94. The fourth-order valence-corrected chi connectivity index (χ4v) is 4.04. The normalized spacial score (nSPS) is 12.6. The standard InChI is InChI=1S/C30H31N3O5/c1-3-32(4-2)29(35)19-33-26-18-24(13-16-27(26)38-21-30(33)36)31-28(34)17-12-22-10-14-25(15-11-22)37-20-23-8-6-5-7-9-23/h5-18H,3-4,19-21H2,1-2H3,(H,31,34)/b17-12+. The molecule has 196 valence electrons. The maximum atomic E-state index is 12.6. The second-order valence-electron chi connectivity index (χ2n) is 8.68. The van der Waals surface area contributed by atoms with Crippen LogP contribution in [0.2, 0.25) is 0 Å². The minimum absolute atomic E-state index is 0.0841. The average molecular weight is 514 g/mol. The highest BCUT2D eigenvalue weighted by atomic mass is 16.5. The Kier molecular flexibility index (Phi) is 8.77. The van der Waals surface area contributed by atoms with Gasteiger partial charge in [0.05, 0.1) is 5.69 Å². The first-order valence-electron chi connectivity index (χ1n) is 12.6. The van der Waals surface area contributed by atoms with Gasteiger partial charge in [-0.2, -0.15) is 0 Å². The number of carbonyl (C=O) groups is 3. The lowest BCUT2D eigenvalue weighted by molar-refractivity contribution is -0.131. The maximum Gasteiger partial charge on any atom is 0.265 e. The first kappa shape index (κ1) is 26.5. The highest BCUT2D eigenvalue weighted by molar-refractivity contribution is 6.05. The SMILES string of the molecule is CCN(CC)C(=O)CN1C(=O)COc2ccc(NC(=O)/C=C/c3ccc(OCc4ccccc4)cc3)cc21. The van der Waals surface area contributed by atoms with Crippen molar-refractivity contribution in [2.45, 2.75) is 20.5 Å². The van der Waals surface area contributed by atoms with Gasteiger partial charge in [-0.15, -0.1) is 0 Å². The van der Waals surface area contributed by atoms with Crippen molar-refractivity contribution in [3.63, 3.8) is 0 Å². The zero-order chi connectivity index (χ0) is 26.9. The molecule has 0 fully saturated rings. The number of hydrogen-bond donors (Lipinski definition) is 1. The van der Waals surface area contributed by atoms with Crippen LogP contribution in [0.3, 0.4) is 0 Å². The van der Waals surface area contributed by atoms with Crippen LogP contribution in [0, 0.1) is 0 Å². The zero-order valence-electron chi connectivity index (χ0n) is 21.6. The molecule has 0 aromatic heterocycles. The molecule has 4 rings (SSSR count). The third-order valence-electron chi connectivity index (χ3n) is 6.13. The van der Waals surface area contributed by atoms with E-state index in [0.29, 0.717) is 36.8 Å². The van der Waals surface area contributed by atoms with Crippen LogP contribution in [-0.4, -0.2) is 48.9 Å². The molecule has 8 nitrogen and oxygen atoms in total. The van der Waals surface area contributed by atoms with Crippen molar-refractivity contribution in [3.8, 4) is 11.5 Å². The Morgan fingerprint density at radius 2 is 1.76 bits per heavy atom. The van der Waals surface area contributed by atoms with Crippen LogP contribution in [0.15, 0.2) is 78.9 Å². The van der Waals surface area contributed by atoms with Gasteiger partial charge >= 0.3 is 0 Å². The van der Waals surface area contributed by atoms with Gasteiger partial charge < -0.3 is 19.7 Å². The molecule has 8 heteroatoms. The van der Waals surface area contributed by atoms with Gasteiger partial charge in [0.1, 0.15) is 24.7 Å². The molecule has 3 amide bonds. The van der Waals surface area contributed by atoms with E-state index in [1.165, 1.54) is 11.0 Å². The number of hydrogen-bond acceptors (Lipinski definition) is 5. The summed E-state index contributed by atoms with van der Waals surface area (Å²) in [5.41, 5.74) is 2.87. The highest BCUT2D eigenvalue weighted by Gasteiger charge is 2.28. The number of fused-ring (bicyclic) bond motifs is 1. The van der Waals surface area contributed by atoms with Crippen molar-refractivity contribution in [1.29, 1.82) is 0 Å². The molecule has 3 aromatic rings. The topological polar surface area (TPSA) is 88.2 Å². The van der Waals surface area contributed by atoms with Crippen LogP contribution in [0.1, 0.15) is 25.0 Å². The molecular weight excluding hydrogens is 482 g/mol.